The number of hydrogen-bond acceptors (Lipinski definition) is 10. The van der Waals surface area contributed by atoms with Gasteiger partial charge < -0.3 is 30.3 Å². The molecule has 3 N–H and O–H groups in total. The number of ether oxygens (including phenoxy) is 2. The Hall–Kier alpha value is -5.86. The number of carbonyl (C=O) groups excluding carboxylic acids is 4. The highest BCUT2D eigenvalue weighted by molar-refractivity contribution is 5.99. The van der Waals surface area contributed by atoms with E-state index in [1.165, 1.54) is 30.5 Å². The van der Waals surface area contributed by atoms with E-state index in [4.69, 9.17) is 15.2 Å². The van der Waals surface area contributed by atoms with Crippen molar-refractivity contribution in [3.63, 3.8) is 0 Å². The van der Waals surface area contributed by atoms with Crippen molar-refractivity contribution in [3.8, 4) is 11.3 Å². The summed E-state index contributed by atoms with van der Waals surface area (Å²) in [5.74, 6) is -2.26. The average molecular weight is 727 g/mol. The van der Waals surface area contributed by atoms with Gasteiger partial charge in [0.25, 0.3) is 5.91 Å². The molecule has 2 aromatic heterocycles. The summed E-state index contributed by atoms with van der Waals surface area (Å²) in [4.78, 5) is 64.8. The van der Waals surface area contributed by atoms with Gasteiger partial charge in [-0.25, -0.2) is 23.9 Å². The minimum absolute atomic E-state index is 0.0410. The van der Waals surface area contributed by atoms with E-state index in [1.807, 2.05) is 36.5 Å². The molecule has 53 heavy (non-hydrogen) atoms. The largest absolute Gasteiger partial charge is 0.444 e. The number of nitrogen functional groups attached to an aromatic ring is 1. The van der Waals surface area contributed by atoms with E-state index in [0.29, 0.717) is 74.4 Å². The first-order chi connectivity index (χ1) is 25.3. The zero-order chi connectivity index (χ0) is 37.7. The number of likely N-dealkylation sites (tertiary alicyclic amines) is 2. The first kappa shape index (κ1) is 36.9. The Bertz CT molecular complexity index is 1930. The van der Waals surface area contributed by atoms with Crippen molar-refractivity contribution in [2.24, 2.45) is 5.92 Å². The molecule has 3 amide bonds. The van der Waals surface area contributed by atoms with Crippen LogP contribution >= 0.6 is 0 Å². The van der Waals surface area contributed by atoms with Crippen LogP contribution in [0.5, 0.6) is 0 Å². The lowest BCUT2D eigenvalue weighted by atomic mass is 9.94. The Morgan fingerprint density at radius 1 is 0.906 bits per heavy atom. The average Bonchev–Trinajstić information content (AvgIpc) is 3.65. The van der Waals surface area contributed by atoms with Gasteiger partial charge in [0.2, 0.25) is 12.0 Å². The first-order valence-corrected chi connectivity index (χ1v) is 17.6. The second-order valence-electron chi connectivity index (χ2n) is 14.2. The number of rotatable bonds is 8. The van der Waals surface area contributed by atoms with Crippen LogP contribution in [-0.2, 0) is 19.1 Å². The number of benzene rings is 2. The number of nitrogens with zero attached hydrogens (tertiary/aromatic N) is 6. The number of amides is 3. The van der Waals surface area contributed by atoms with E-state index in [0.717, 1.165) is 0 Å². The molecule has 4 heterocycles. The fraction of sp³-hybridized carbons (Fsp3) is 0.395. The van der Waals surface area contributed by atoms with E-state index >= 15 is 0 Å². The predicted molar refractivity (Wildman–Crippen MR) is 193 cm³/mol. The molecule has 0 bridgehead atoms. The van der Waals surface area contributed by atoms with Crippen LogP contribution in [0, 0.1) is 11.7 Å². The highest BCUT2D eigenvalue weighted by Gasteiger charge is 2.34. The summed E-state index contributed by atoms with van der Waals surface area (Å²) in [6, 6.07) is 13.7. The number of hydrogen-bond donors (Lipinski definition) is 2. The van der Waals surface area contributed by atoms with Gasteiger partial charge in [0.1, 0.15) is 11.4 Å². The summed E-state index contributed by atoms with van der Waals surface area (Å²) in [5.41, 5.74) is 6.88. The number of halogens is 1. The summed E-state index contributed by atoms with van der Waals surface area (Å²) >= 11 is 0. The van der Waals surface area contributed by atoms with Crippen molar-refractivity contribution < 1.29 is 33.0 Å². The van der Waals surface area contributed by atoms with E-state index in [9.17, 15) is 23.6 Å². The van der Waals surface area contributed by atoms with Gasteiger partial charge >= 0.3 is 12.1 Å². The maximum Gasteiger partial charge on any atom is 0.410 e. The van der Waals surface area contributed by atoms with Gasteiger partial charge in [-0.15, -0.1) is 0 Å². The number of anilines is 2. The van der Waals surface area contributed by atoms with Gasteiger partial charge in [-0.2, -0.15) is 5.10 Å². The lowest BCUT2D eigenvalue weighted by molar-refractivity contribution is -0.138. The number of esters is 1. The third kappa shape index (κ3) is 9.15. The SMILES string of the molecule is CC(C)(C)OC(=O)N1CCC(C(=O)N2CCC(n3cc(-c4cnc(N)c(C(=O)O[C@@H](C(=O)Nc5ccc(F)cc5)c5ccccc5)n4)cn3)CC2)CC1. The lowest BCUT2D eigenvalue weighted by Gasteiger charge is -2.37. The highest BCUT2D eigenvalue weighted by Crippen LogP contribution is 2.29. The van der Waals surface area contributed by atoms with Crippen molar-refractivity contribution >= 4 is 35.4 Å². The fourth-order valence-electron chi connectivity index (χ4n) is 6.41. The molecular weight excluding hydrogens is 683 g/mol. The van der Waals surface area contributed by atoms with Gasteiger partial charge in [0.15, 0.2) is 11.5 Å². The molecule has 0 aliphatic carbocycles. The Labute approximate surface area is 306 Å². The summed E-state index contributed by atoms with van der Waals surface area (Å²) in [7, 11) is 0. The Kier molecular flexibility index (Phi) is 11.0. The molecule has 0 saturated carbocycles. The molecule has 4 aromatic rings. The quantitative estimate of drug-likeness (QED) is 0.224. The van der Waals surface area contributed by atoms with Gasteiger partial charge in [0, 0.05) is 55.1 Å². The zero-order valence-corrected chi connectivity index (χ0v) is 29.9. The second kappa shape index (κ2) is 15.8. The second-order valence-corrected chi connectivity index (χ2v) is 14.2. The minimum atomic E-state index is -1.37. The molecule has 2 saturated heterocycles. The molecular formula is C38H43FN8O6. The number of nitrogens with one attached hydrogen (secondary N) is 1. The Balaban J connectivity index is 1.07. The fourth-order valence-corrected chi connectivity index (χ4v) is 6.41. The molecule has 6 rings (SSSR count). The monoisotopic (exact) mass is 726 g/mol. The van der Waals surface area contributed by atoms with Gasteiger partial charge in [-0.3, -0.25) is 14.3 Å². The summed E-state index contributed by atoms with van der Waals surface area (Å²) in [6.45, 7) is 7.66. The summed E-state index contributed by atoms with van der Waals surface area (Å²) in [6.07, 6.45) is 5.77. The van der Waals surface area contributed by atoms with Crippen molar-refractivity contribution in [1.82, 2.24) is 29.5 Å². The van der Waals surface area contributed by atoms with Crippen LogP contribution in [0.1, 0.15) is 74.7 Å². The molecule has 0 unspecified atom stereocenters. The topological polar surface area (TPSA) is 175 Å². The molecule has 14 nitrogen and oxygen atoms in total. The highest BCUT2D eigenvalue weighted by atomic mass is 19.1. The van der Waals surface area contributed by atoms with Crippen LogP contribution < -0.4 is 11.1 Å². The summed E-state index contributed by atoms with van der Waals surface area (Å²) in [5, 5.41) is 7.20. The number of piperidine rings is 2. The molecule has 1 atom stereocenters. The normalized spacial score (nSPS) is 16.2. The standard InChI is InChI=1S/C38H43FN8O6/c1-38(2,3)53-37(51)46-17-13-25(14-18-46)35(49)45-19-15-29(16-20-45)47-23-26(21-42-47)30-22-41-33(40)31(44-30)36(50)52-32(24-7-5-4-6-8-24)34(48)43-28-11-9-27(39)10-12-28/h4-12,21-23,25,29,32H,13-20H2,1-3H3,(H2,40,41)(H,43,48)/t32-/m1/s1. The van der Waals surface area contributed by atoms with E-state index in [1.54, 1.807) is 41.4 Å². The predicted octanol–water partition coefficient (Wildman–Crippen LogP) is 5.41. The van der Waals surface area contributed by atoms with E-state index in [2.05, 4.69) is 20.4 Å². The molecule has 2 aromatic carbocycles. The van der Waals surface area contributed by atoms with Crippen molar-refractivity contribution in [1.29, 1.82) is 0 Å². The maximum absolute atomic E-state index is 13.5. The van der Waals surface area contributed by atoms with Crippen molar-refractivity contribution in [2.75, 3.05) is 37.2 Å². The molecule has 0 radical (unpaired) electrons. The Morgan fingerprint density at radius 3 is 2.23 bits per heavy atom. The molecule has 2 aliphatic heterocycles. The molecule has 0 spiro atoms. The van der Waals surface area contributed by atoms with E-state index in [-0.39, 0.29) is 35.5 Å². The third-order valence-electron chi connectivity index (χ3n) is 9.21. The minimum Gasteiger partial charge on any atom is -0.444 e. The van der Waals surface area contributed by atoms with Crippen molar-refractivity contribution in [2.45, 2.75) is 64.2 Å². The number of carbonyl (C=O) groups is 4. The van der Waals surface area contributed by atoms with Crippen LogP contribution in [0.15, 0.2) is 73.2 Å². The number of aromatic nitrogens is 4. The van der Waals surface area contributed by atoms with Crippen LogP contribution in [0.25, 0.3) is 11.3 Å². The summed E-state index contributed by atoms with van der Waals surface area (Å²) < 4.78 is 26.4. The molecule has 2 fully saturated rings. The maximum atomic E-state index is 13.5. The van der Waals surface area contributed by atoms with Crippen molar-refractivity contribution in [3.05, 3.63) is 90.3 Å². The zero-order valence-electron chi connectivity index (χ0n) is 29.9. The van der Waals surface area contributed by atoms with E-state index < -0.39 is 29.4 Å². The lowest BCUT2D eigenvalue weighted by Crippen LogP contribution is -2.47. The van der Waals surface area contributed by atoms with Crippen LogP contribution in [-0.4, -0.2) is 85.2 Å². The first-order valence-electron chi connectivity index (χ1n) is 17.6. The third-order valence-corrected chi connectivity index (χ3v) is 9.21. The van der Waals surface area contributed by atoms with Crippen LogP contribution in [0.4, 0.5) is 20.7 Å². The van der Waals surface area contributed by atoms with Gasteiger partial charge in [-0.1, -0.05) is 30.3 Å². The smallest absolute Gasteiger partial charge is 0.410 e. The Morgan fingerprint density at radius 2 is 1.57 bits per heavy atom. The molecule has 15 heteroatoms. The van der Waals surface area contributed by atoms with Crippen LogP contribution in [0.3, 0.4) is 0 Å². The van der Waals surface area contributed by atoms with Gasteiger partial charge in [0.05, 0.1) is 24.1 Å². The molecule has 2 aliphatic rings. The van der Waals surface area contributed by atoms with Gasteiger partial charge in [-0.05, 0) is 70.7 Å². The number of nitrogens with two attached hydrogens (primary N) is 1. The molecule has 278 valence electrons. The van der Waals surface area contributed by atoms with Crippen LogP contribution in [0.2, 0.25) is 0 Å².